The number of nitrogens with one attached hydrogen (secondary N) is 1. The topological polar surface area (TPSA) is 66.4 Å². The van der Waals surface area contributed by atoms with Gasteiger partial charge in [-0.1, -0.05) is 31.5 Å². The summed E-state index contributed by atoms with van der Waals surface area (Å²) in [5.74, 6) is -1.83. The Morgan fingerprint density at radius 1 is 1.27 bits per heavy atom. The maximum absolute atomic E-state index is 12.3. The first-order valence-electron chi connectivity index (χ1n) is 6.93. The van der Waals surface area contributed by atoms with Crippen LogP contribution < -0.4 is 5.32 Å². The molecule has 4 nitrogen and oxygen atoms in total. The van der Waals surface area contributed by atoms with Gasteiger partial charge in [0.15, 0.2) is 0 Å². The van der Waals surface area contributed by atoms with E-state index >= 15 is 0 Å². The second-order valence-electron chi connectivity index (χ2n) is 4.93. The third-order valence-electron chi connectivity index (χ3n) is 3.12. The number of hydrogen-bond donors (Lipinski definition) is 2. The summed E-state index contributed by atoms with van der Waals surface area (Å²) in [6.45, 7) is 1.78. The average Bonchev–Trinajstić information content (AvgIpc) is 2.44. The van der Waals surface area contributed by atoms with Crippen molar-refractivity contribution in [2.75, 3.05) is 0 Å². The smallest absolute Gasteiger partial charge is 0.389 e. The molecule has 1 amide bonds. The van der Waals surface area contributed by atoms with Crippen LogP contribution in [0.3, 0.4) is 0 Å². The number of carbonyl (C=O) groups is 2. The molecule has 22 heavy (non-hydrogen) atoms. The molecule has 1 atom stereocenters. The molecule has 1 unspecified atom stereocenters. The Balaban J connectivity index is 2.86. The first-order valence-corrected chi connectivity index (χ1v) is 6.93. The molecule has 2 N–H and O–H groups in total. The number of carboxylic acid groups (broad SMARTS) is 1. The fraction of sp³-hybridized carbons (Fsp3) is 0.467. The molecule has 0 aliphatic heterocycles. The number of carboxylic acids is 1. The summed E-state index contributed by atoms with van der Waals surface area (Å²) < 4.78 is 36.9. The van der Waals surface area contributed by atoms with Crippen LogP contribution in [0.1, 0.15) is 42.1 Å². The van der Waals surface area contributed by atoms with Crippen molar-refractivity contribution < 1.29 is 27.9 Å². The van der Waals surface area contributed by atoms with Crippen LogP contribution in [0.2, 0.25) is 0 Å². The van der Waals surface area contributed by atoms with E-state index in [2.05, 4.69) is 5.32 Å². The van der Waals surface area contributed by atoms with E-state index in [0.29, 0.717) is 6.42 Å². The highest BCUT2D eigenvalue weighted by Crippen LogP contribution is 2.23. The molecule has 0 aliphatic carbocycles. The van der Waals surface area contributed by atoms with Crippen LogP contribution in [0.15, 0.2) is 24.3 Å². The third kappa shape index (κ3) is 5.75. The summed E-state index contributed by atoms with van der Waals surface area (Å²) in [5.41, 5.74) is 0.326. The van der Waals surface area contributed by atoms with Gasteiger partial charge in [-0.25, -0.2) is 4.79 Å². The van der Waals surface area contributed by atoms with Crippen molar-refractivity contribution in [1.29, 1.82) is 0 Å². The number of aliphatic carboxylic acids is 1. The van der Waals surface area contributed by atoms with Crippen molar-refractivity contribution in [1.82, 2.24) is 5.32 Å². The highest BCUT2D eigenvalue weighted by Gasteiger charge is 2.28. The van der Waals surface area contributed by atoms with Crippen molar-refractivity contribution in [3.63, 3.8) is 0 Å². The van der Waals surface area contributed by atoms with Crippen LogP contribution in [0, 0.1) is 0 Å². The molecule has 1 aromatic rings. The Bertz CT molecular complexity index is 529. The van der Waals surface area contributed by atoms with Gasteiger partial charge in [-0.2, -0.15) is 13.2 Å². The van der Waals surface area contributed by atoms with Gasteiger partial charge in [0.1, 0.15) is 6.04 Å². The van der Waals surface area contributed by atoms with E-state index in [9.17, 15) is 22.8 Å². The van der Waals surface area contributed by atoms with E-state index in [0.717, 1.165) is 0 Å². The fourth-order valence-electron chi connectivity index (χ4n) is 2.02. The lowest BCUT2D eigenvalue weighted by atomic mass is 10.0. The van der Waals surface area contributed by atoms with E-state index in [1.807, 2.05) is 0 Å². The monoisotopic (exact) mass is 317 g/mol. The van der Waals surface area contributed by atoms with Gasteiger partial charge in [0.25, 0.3) is 5.91 Å². The van der Waals surface area contributed by atoms with E-state index < -0.39 is 30.5 Å². The maximum atomic E-state index is 12.3. The summed E-state index contributed by atoms with van der Waals surface area (Å²) in [6.07, 6.45) is -4.85. The first-order chi connectivity index (χ1) is 10.2. The second-order valence-corrected chi connectivity index (χ2v) is 4.93. The molecular formula is C15H18F3NO3. The number of rotatable bonds is 7. The molecule has 0 spiro atoms. The molecule has 0 aliphatic rings. The predicted molar refractivity (Wildman–Crippen MR) is 74.6 cm³/mol. The molecule has 0 radical (unpaired) electrons. The van der Waals surface area contributed by atoms with E-state index in [4.69, 9.17) is 5.11 Å². The van der Waals surface area contributed by atoms with Gasteiger partial charge < -0.3 is 10.4 Å². The Hall–Kier alpha value is -2.05. The lowest BCUT2D eigenvalue weighted by Crippen LogP contribution is -2.41. The number of halogens is 3. The van der Waals surface area contributed by atoms with E-state index in [-0.39, 0.29) is 24.0 Å². The van der Waals surface area contributed by atoms with Crippen LogP contribution >= 0.6 is 0 Å². The number of aryl methyl sites for hydroxylation is 1. The van der Waals surface area contributed by atoms with Crippen molar-refractivity contribution in [3.8, 4) is 0 Å². The molecule has 0 heterocycles. The highest BCUT2D eigenvalue weighted by atomic mass is 19.4. The lowest BCUT2D eigenvalue weighted by molar-refractivity contribution is -0.139. The van der Waals surface area contributed by atoms with Gasteiger partial charge in [-0.05, 0) is 24.5 Å². The summed E-state index contributed by atoms with van der Waals surface area (Å²) >= 11 is 0. The number of hydrogen-bond acceptors (Lipinski definition) is 2. The predicted octanol–water partition coefficient (Wildman–Crippen LogP) is 3.16. The fourth-order valence-corrected chi connectivity index (χ4v) is 2.02. The molecule has 0 bridgehead atoms. The largest absolute Gasteiger partial charge is 0.480 e. The molecule has 1 rings (SSSR count). The van der Waals surface area contributed by atoms with Crippen molar-refractivity contribution in [2.24, 2.45) is 0 Å². The molecule has 0 saturated carbocycles. The molecule has 1 aromatic carbocycles. The number of benzene rings is 1. The van der Waals surface area contributed by atoms with Crippen LogP contribution in [-0.2, 0) is 11.2 Å². The van der Waals surface area contributed by atoms with E-state index in [1.54, 1.807) is 13.0 Å². The van der Waals surface area contributed by atoms with Gasteiger partial charge in [-0.3, -0.25) is 4.79 Å². The van der Waals surface area contributed by atoms with Crippen molar-refractivity contribution in [2.45, 2.75) is 44.8 Å². The minimum atomic E-state index is -4.31. The molecule has 7 heteroatoms. The molecular weight excluding hydrogens is 299 g/mol. The lowest BCUT2D eigenvalue weighted by Gasteiger charge is -2.15. The molecule has 0 aromatic heterocycles. The zero-order valence-electron chi connectivity index (χ0n) is 12.1. The van der Waals surface area contributed by atoms with Gasteiger partial charge in [0.05, 0.1) is 0 Å². The van der Waals surface area contributed by atoms with Crippen LogP contribution in [-0.4, -0.2) is 29.2 Å². The summed E-state index contributed by atoms with van der Waals surface area (Å²) in [4.78, 5) is 23.2. The van der Waals surface area contributed by atoms with Crippen LogP contribution in [0.4, 0.5) is 13.2 Å². The Morgan fingerprint density at radius 2 is 1.91 bits per heavy atom. The zero-order chi connectivity index (χ0) is 16.8. The van der Waals surface area contributed by atoms with E-state index in [1.165, 1.54) is 18.2 Å². The molecule has 0 saturated heterocycles. The number of carbonyl (C=O) groups excluding carboxylic acids is 1. The van der Waals surface area contributed by atoms with Crippen LogP contribution in [0.5, 0.6) is 0 Å². The third-order valence-corrected chi connectivity index (χ3v) is 3.12. The minimum Gasteiger partial charge on any atom is -0.480 e. The van der Waals surface area contributed by atoms with Crippen molar-refractivity contribution >= 4 is 11.9 Å². The van der Waals surface area contributed by atoms with Gasteiger partial charge in [0.2, 0.25) is 0 Å². The molecule has 0 fully saturated rings. The maximum Gasteiger partial charge on any atom is 0.389 e. The van der Waals surface area contributed by atoms with Gasteiger partial charge >= 0.3 is 12.1 Å². The average molecular weight is 317 g/mol. The number of alkyl halides is 3. The summed E-state index contributed by atoms with van der Waals surface area (Å²) in [7, 11) is 0. The second kappa shape index (κ2) is 7.82. The highest BCUT2D eigenvalue weighted by molar-refractivity contribution is 5.97. The molecule has 122 valence electrons. The normalized spacial score (nSPS) is 12.7. The van der Waals surface area contributed by atoms with Gasteiger partial charge in [0, 0.05) is 12.0 Å². The van der Waals surface area contributed by atoms with Crippen LogP contribution in [0.25, 0.3) is 0 Å². The SMILES string of the molecule is CCCC(NC(=O)c1ccccc1CCC(F)(F)F)C(=O)O. The standard InChI is InChI=1S/C15H18F3NO3/c1-2-5-12(14(21)22)19-13(20)11-7-4-3-6-10(11)8-9-15(16,17)18/h3-4,6-7,12H,2,5,8-9H2,1H3,(H,19,20)(H,21,22). The number of amides is 1. The first kappa shape index (κ1) is 18.0. The summed E-state index contributed by atoms with van der Waals surface area (Å²) in [5, 5.41) is 11.4. The Kier molecular flexibility index (Phi) is 6.39. The summed E-state index contributed by atoms with van der Waals surface area (Å²) in [6, 6.07) is 4.86. The minimum absolute atomic E-state index is 0.0779. The quantitative estimate of drug-likeness (QED) is 0.812. The zero-order valence-corrected chi connectivity index (χ0v) is 12.1. The van der Waals surface area contributed by atoms with Crippen molar-refractivity contribution in [3.05, 3.63) is 35.4 Å². The van der Waals surface area contributed by atoms with Gasteiger partial charge in [-0.15, -0.1) is 0 Å². The Labute approximate surface area is 126 Å². The Morgan fingerprint density at radius 3 is 2.45 bits per heavy atom.